The summed E-state index contributed by atoms with van der Waals surface area (Å²) in [7, 11) is 0. The summed E-state index contributed by atoms with van der Waals surface area (Å²) in [6.07, 6.45) is 0. The number of hydrogen-bond acceptors (Lipinski definition) is 2. The lowest BCUT2D eigenvalue weighted by Crippen LogP contribution is -2.07. The van der Waals surface area contributed by atoms with Crippen LogP contribution in [0.5, 0.6) is 0 Å². The van der Waals surface area contributed by atoms with E-state index in [4.69, 9.17) is 28.3 Å². The summed E-state index contributed by atoms with van der Waals surface area (Å²) in [5.41, 5.74) is 1.91. The van der Waals surface area contributed by atoms with Crippen molar-refractivity contribution >= 4 is 40.9 Å². The Morgan fingerprint density at radius 3 is 2.48 bits per heavy atom. The first kappa shape index (κ1) is 16.2. The van der Waals surface area contributed by atoms with Crippen molar-refractivity contribution in [3.05, 3.63) is 63.6 Å². The highest BCUT2D eigenvalue weighted by molar-refractivity contribution is 7.98. The molecule has 5 heteroatoms. The molecular weight excluding hydrogens is 327 g/mol. The third-order valence-corrected chi connectivity index (χ3v) is 4.94. The van der Waals surface area contributed by atoms with Gasteiger partial charge in [-0.3, -0.25) is 4.79 Å². The van der Waals surface area contributed by atoms with Crippen molar-refractivity contribution in [2.45, 2.75) is 23.5 Å². The van der Waals surface area contributed by atoms with Gasteiger partial charge in [0.05, 0.1) is 10.9 Å². The molecule has 0 bridgehead atoms. The maximum atomic E-state index is 10.9. The summed E-state index contributed by atoms with van der Waals surface area (Å²) in [5, 5.41) is 10.3. The predicted molar refractivity (Wildman–Crippen MR) is 88.5 cm³/mol. The zero-order chi connectivity index (χ0) is 15.4. The second-order valence-corrected chi connectivity index (χ2v) is 6.53. The van der Waals surface area contributed by atoms with E-state index in [2.05, 4.69) is 0 Å². The highest BCUT2D eigenvalue weighted by Crippen LogP contribution is 2.32. The number of carboxylic acids is 1. The van der Waals surface area contributed by atoms with Gasteiger partial charge in [0.1, 0.15) is 0 Å². The monoisotopic (exact) mass is 340 g/mol. The van der Waals surface area contributed by atoms with Crippen molar-refractivity contribution in [1.29, 1.82) is 0 Å². The molecule has 0 fully saturated rings. The van der Waals surface area contributed by atoms with Crippen molar-refractivity contribution < 1.29 is 9.90 Å². The fraction of sp³-hybridized carbons (Fsp3) is 0.188. The lowest BCUT2D eigenvalue weighted by Gasteiger charge is -2.08. The van der Waals surface area contributed by atoms with Crippen LogP contribution < -0.4 is 0 Å². The standard InChI is InChI=1S/C16H14Cl2O2S/c1-10(16(19)20)12-4-2-11(3-5-12)9-21-15-8-13(17)6-7-14(15)18/h2-8,10H,9H2,1H3,(H,19,20). The van der Waals surface area contributed by atoms with Gasteiger partial charge in [-0.1, -0.05) is 47.5 Å². The van der Waals surface area contributed by atoms with Crippen LogP contribution in [0.3, 0.4) is 0 Å². The minimum atomic E-state index is -0.817. The largest absolute Gasteiger partial charge is 0.481 e. The van der Waals surface area contributed by atoms with Crippen LogP contribution in [0.2, 0.25) is 10.0 Å². The zero-order valence-corrected chi connectivity index (χ0v) is 13.7. The van der Waals surface area contributed by atoms with Crippen LogP contribution in [0, 0.1) is 0 Å². The van der Waals surface area contributed by atoms with Crippen molar-refractivity contribution in [3.8, 4) is 0 Å². The Labute approximate surface area is 138 Å². The molecule has 0 aliphatic carbocycles. The SMILES string of the molecule is CC(C(=O)O)c1ccc(CSc2cc(Cl)ccc2Cl)cc1. The van der Waals surface area contributed by atoms with Crippen LogP contribution in [-0.2, 0) is 10.5 Å². The summed E-state index contributed by atoms with van der Waals surface area (Å²) < 4.78 is 0. The number of hydrogen-bond donors (Lipinski definition) is 1. The van der Waals surface area contributed by atoms with E-state index in [1.807, 2.05) is 30.3 Å². The Balaban J connectivity index is 2.04. The van der Waals surface area contributed by atoms with Crippen molar-refractivity contribution in [3.63, 3.8) is 0 Å². The van der Waals surface area contributed by atoms with Crippen molar-refractivity contribution in [1.82, 2.24) is 0 Å². The van der Waals surface area contributed by atoms with Gasteiger partial charge in [-0.05, 0) is 36.2 Å². The molecule has 1 N–H and O–H groups in total. The number of carbonyl (C=O) groups is 1. The maximum Gasteiger partial charge on any atom is 0.310 e. The minimum Gasteiger partial charge on any atom is -0.481 e. The summed E-state index contributed by atoms with van der Waals surface area (Å²) in [6, 6.07) is 13.0. The highest BCUT2D eigenvalue weighted by Gasteiger charge is 2.13. The third-order valence-electron chi connectivity index (χ3n) is 3.14. The van der Waals surface area contributed by atoms with Gasteiger partial charge in [0.25, 0.3) is 0 Å². The van der Waals surface area contributed by atoms with E-state index in [-0.39, 0.29) is 0 Å². The molecular formula is C16H14Cl2O2S. The molecule has 0 saturated carbocycles. The van der Waals surface area contributed by atoms with Gasteiger partial charge in [0.15, 0.2) is 0 Å². The molecule has 110 valence electrons. The Bertz CT molecular complexity index is 641. The van der Waals surface area contributed by atoms with Gasteiger partial charge < -0.3 is 5.11 Å². The first-order chi connectivity index (χ1) is 9.97. The number of carboxylic acid groups (broad SMARTS) is 1. The van der Waals surface area contributed by atoms with Gasteiger partial charge >= 0.3 is 5.97 Å². The van der Waals surface area contributed by atoms with E-state index in [1.54, 1.807) is 30.8 Å². The molecule has 0 saturated heterocycles. The van der Waals surface area contributed by atoms with Gasteiger partial charge in [-0.2, -0.15) is 0 Å². The molecule has 2 nitrogen and oxygen atoms in total. The highest BCUT2D eigenvalue weighted by atomic mass is 35.5. The summed E-state index contributed by atoms with van der Waals surface area (Å²) in [6.45, 7) is 1.68. The van der Waals surface area contributed by atoms with E-state index < -0.39 is 11.9 Å². The van der Waals surface area contributed by atoms with Crippen LogP contribution in [0.15, 0.2) is 47.4 Å². The topological polar surface area (TPSA) is 37.3 Å². The Morgan fingerprint density at radius 2 is 1.86 bits per heavy atom. The van der Waals surface area contributed by atoms with Crippen molar-refractivity contribution in [2.24, 2.45) is 0 Å². The van der Waals surface area contributed by atoms with E-state index in [9.17, 15) is 4.79 Å². The molecule has 1 atom stereocenters. The van der Waals surface area contributed by atoms with E-state index in [1.165, 1.54) is 0 Å². The summed E-state index contributed by atoms with van der Waals surface area (Å²) in [5.74, 6) is -0.557. The Morgan fingerprint density at radius 1 is 1.19 bits per heavy atom. The molecule has 0 radical (unpaired) electrons. The maximum absolute atomic E-state index is 10.9. The molecule has 0 amide bonds. The smallest absolute Gasteiger partial charge is 0.310 e. The molecule has 0 spiro atoms. The normalized spacial score (nSPS) is 12.1. The number of aliphatic carboxylic acids is 1. The first-order valence-corrected chi connectivity index (χ1v) is 8.11. The number of rotatable bonds is 5. The fourth-order valence-electron chi connectivity index (χ4n) is 1.79. The van der Waals surface area contributed by atoms with Gasteiger partial charge in [-0.25, -0.2) is 0 Å². The van der Waals surface area contributed by atoms with Crippen LogP contribution in [0.25, 0.3) is 0 Å². The van der Waals surface area contributed by atoms with Crippen LogP contribution in [0.4, 0.5) is 0 Å². The molecule has 2 rings (SSSR count). The second kappa shape index (κ2) is 7.21. The average Bonchev–Trinajstić information content (AvgIpc) is 2.48. The zero-order valence-electron chi connectivity index (χ0n) is 11.3. The van der Waals surface area contributed by atoms with Gasteiger partial charge in [-0.15, -0.1) is 11.8 Å². The summed E-state index contributed by atoms with van der Waals surface area (Å²) >= 11 is 13.7. The van der Waals surface area contributed by atoms with Gasteiger partial charge in [0.2, 0.25) is 0 Å². The second-order valence-electron chi connectivity index (χ2n) is 4.66. The third kappa shape index (κ3) is 4.40. The van der Waals surface area contributed by atoms with Crippen LogP contribution in [0.1, 0.15) is 24.0 Å². The molecule has 0 aliphatic heterocycles. The predicted octanol–water partition coefficient (Wildman–Crippen LogP) is 5.47. The van der Waals surface area contributed by atoms with Crippen LogP contribution in [-0.4, -0.2) is 11.1 Å². The average molecular weight is 341 g/mol. The molecule has 2 aromatic rings. The molecule has 0 aromatic heterocycles. The quantitative estimate of drug-likeness (QED) is 0.732. The lowest BCUT2D eigenvalue weighted by atomic mass is 10.0. The molecule has 0 aliphatic rings. The van der Waals surface area contributed by atoms with E-state index in [0.29, 0.717) is 10.0 Å². The number of thioether (sulfide) groups is 1. The Kier molecular flexibility index (Phi) is 5.57. The van der Waals surface area contributed by atoms with E-state index in [0.717, 1.165) is 21.8 Å². The molecule has 0 heterocycles. The molecule has 1 unspecified atom stereocenters. The molecule has 2 aromatic carbocycles. The van der Waals surface area contributed by atoms with Gasteiger partial charge in [0, 0.05) is 15.7 Å². The Hall–Kier alpha value is -1.16. The van der Waals surface area contributed by atoms with Crippen molar-refractivity contribution in [2.75, 3.05) is 0 Å². The fourth-order valence-corrected chi connectivity index (χ4v) is 3.24. The minimum absolute atomic E-state index is 0.492. The lowest BCUT2D eigenvalue weighted by molar-refractivity contribution is -0.138. The van der Waals surface area contributed by atoms with Crippen LogP contribution >= 0.6 is 35.0 Å². The molecule has 21 heavy (non-hydrogen) atoms. The first-order valence-electron chi connectivity index (χ1n) is 6.37. The number of benzene rings is 2. The summed E-state index contributed by atoms with van der Waals surface area (Å²) in [4.78, 5) is 11.9. The number of halogens is 2. The van der Waals surface area contributed by atoms with E-state index >= 15 is 0 Å².